The van der Waals surface area contributed by atoms with Gasteiger partial charge in [0.05, 0.1) is 30.4 Å². The number of rotatable bonds is 6. The van der Waals surface area contributed by atoms with E-state index in [0.29, 0.717) is 29.6 Å². The number of aryl methyl sites for hydroxylation is 1. The lowest BCUT2D eigenvalue weighted by atomic mass is 10.1. The van der Waals surface area contributed by atoms with Crippen LogP contribution in [0.5, 0.6) is 0 Å². The molecule has 3 rings (SSSR count). The zero-order valence-corrected chi connectivity index (χ0v) is 14.7. The molecule has 0 saturated carbocycles. The Bertz CT molecular complexity index is 985. The van der Waals surface area contributed by atoms with Gasteiger partial charge in [-0.1, -0.05) is 12.1 Å². The highest BCUT2D eigenvalue weighted by Gasteiger charge is 2.17. The molecule has 0 unspecified atom stereocenters. The predicted molar refractivity (Wildman–Crippen MR) is 96.1 cm³/mol. The second-order valence-electron chi connectivity index (χ2n) is 6.05. The highest BCUT2D eigenvalue weighted by atomic mass is 16.5. The first-order valence-electron chi connectivity index (χ1n) is 8.16. The van der Waals surface area contributed by atoms with Crippen molar-refractivity contribution in [3.05, 3.63) is 64.0 Å². The molecule has 130 valence electrons. The number of ketones is 1. The summed E-state index contributed by atoms with van der Waals surface area (Å²) in [4.78, 5) is 29.5. The van der Waals surface area contributed by atoms with Gasteiger partial charge in [0.1, 0.15) is 0 Å². The summed E-state index contributed by atoms with van der Waals surface area (Å²) in [6.45, 7) is 5.13. The standard InChI is InChI=1S/C19H21N3O3/c1-13-10-16(14(2)22(13)8-9-25-3)18(23)11-21-12-20-17-7-5-4-6-15(17)19(21)24/h4-7,10,12H,8-9,11H2,1-3H3. The Balaban J connectivity index is 1.91. The third-order valence-electron chi connectivity index (χ3n) is 4.44. The van der Waals surface area contributed by atoms with Crippen molar-refractivity contribution in [2.24, 2.45) is 0 Å². The highest BCUT2D eigenvalue weighted by molar-refractivity contribution is 5.97. The quantitative estimate of drug-likeness (QED) is 0.647. The fourth-order valence-corrected chi connectivity index (χ4v) is 3.07. The van der Waals surface area contributed by atoms with E-state index in [4.69, 9.17) is 4.74 Å². The first-order chi connectivity index (χ1) is 12.0. The molecule has 0 bridgehead atoms. The van der Waals surface area contributed by atoms with E-state index in [2.05, 4.69) is 9.55 Å². The number of fused-ring (bicyclic) bond motifs is 1. The minimum atomic E-state index is -0.202. The molecule has 0 saturated heterocycles. The molecule has 0 aliphatic carbocycles. The van der Waals surface area contributed by atoms with Gasteiger partial charge in [-0.15, -0.1) is 0 Å². The molecule has 0 spiro atoms. The van der Waals surface area contributed by atoms with E-state index in [0.717, 1.165) is 11.4 Å². The van der Waals surface area contributed by atoms with Crippen molar-refractivity contribution in [1.29, 1.82) is 0 Å². The van der Waals surface area contributed by atoms with Crippen LogP contribution in [0, 0.1) is 13.8 Å². The third kappa shape index (κ3) is 3.25. The molecular formula is C19H21N3O3. The van der Waals surface area contributed by atoms with Crippen molar-refractivity contribution in [2.75, 3.05) is 13.7 Å². The Morgan fingerprint density at radius 3 is 2.76 bits per heavy atom. The van der Waals surface area contributed by atoms with Gasteiger partial charge in [0.2, 0.25) is 0 Å². The van der Waals surface area contributed by atoms with E-state index in [9.17, 15) is 9.59 Å². The number of ether oxygens (including phenoxy) is 1. The normalized spacial score (nSPS) is 11.2. The van der Waals surface area contributed by atoms with Crippen LogP contribution < -0.4 is 5.56 Å². The average molecular weight is 339 g/mol. The van der Waals surface area contributed by atoms with Crippen molar-refractivity contribution in [3.8, 4) is 0 Å². The van der Waals surface area contributed by atoms with E-state index in [1.807, 2.05) is 26.0 Å². The number of methoxy groups -OCH3 is 1. The molecule has 2 heterocycles. The fourth-order valence-electron chi connectivity index (χ4n) is 3.07. The van der Waals surface area contributed by atoms with Crippen LogP contribution in [-0.4, -0.2) is 33.6 Å². The van der Waals surface area contributed by atoms with Gasteiger partial charge in [-0.25, -0.2) is 4.98 Å². The van der Waals surface area contributed by atoms with Crippen LogP contribution >= 0.6 is 0 Å². The molecule has 0 atom stereocenters. The molecule has 6 heteroatoms. The SMILES string of the molecule is COCCn1c(C)cc(C(=O)Cn2cnc3ccccc3c2=O)c1C. The van der Waals surface area contributed by atoms with Gasteiger partial charge in [-0.2, -0.15) is 0 Å². The van der Waals surface area contributed by atoms with Crippen LogP contribution in [0.25, 0.3) is 10.9 Å². The summed E-state index contributed by atoms with van der Waals surface area (Å²) in [6.07, 6.45) is 1.44. The summed E-state index contributed by atoms with van der Waals surface area (Å²) in [5.74, 6) is -0.101. The molecular weight excluding hydrogens is 318 g/mol. The summed E-state index contributed by atoms with van der Waals surface area (Å²) in [5.41, 5.74) is 2.96. The first-order valence-corrected chi connectivity index (χ1v) is 8.16. The topological polar surface area (TPSA) is 66.1 Å². The van der Waals surface area contributed by atoms with Crippen molar-refractivity contribution in [3.63, 3.8) is 0 Å². The van der Waals surface area contributed by atoms with Gasteiger partial charge in [0.25, 0.3) is 5.56 Å². The lowest BCUT2D eigenvalue weighted by Gasteiger charge is -2.09. The third-order valence-corrected chi connectivity index (χ3v) is 4.44. The van der Waals surface area contributed by atoms with Crippen LogP contribution in [-0.2, 0) is 17.8 Å². The highest BCUT2D eigenvalue weighted by Crippen LogP contribution is 2.16. The smallest absolute Gasteiger partial charge is 0.261 e. The average Bonchev–Trinajstić information content (AvgIpc) is 2.90. The maximum Gasteiger partial charge on any atom is 0.261 e. The summed E-state index contributed by atoms with van der Waals surface area (Å²) in [7, 11) is 1.65. The monoisotopic (exact) mass is 339 g/mol. The Hall–Kier alpha value is -2.73. The maximum absolute atomic E-state index is 12.7. The predicted octanol–water partition coefficient (Wildman–Crippen LogP) is 2.34. The zero-order chi connectivity index (χ0) is 18.0. The van der Waals surface area contributed by atoms with E-state index in [1.165, 1.54) is 10.9 Å². The molecule has 0 radical (unpaired) electrons. The van der Waals surface area contributed by atoms with Crippen LogP contribution in [0.15, 0.2) is 41.5 Å². The van der Waals surface area contributed by atoms with Gasteiger partial charge in [0.15, 0.2) is 5.78 Å². The Labute approximate surface area is 145 Å². The van der Waals surface area contributed by atoms with Gasteiger partial charge < -0.3 is 9.30 Å². The van der Waals surface area contributed by atoms with E-state index >= 15 is 0 Å². The largest absolute Gasteiger partial charge is 0.383 e. The Kier molecular flexibility index (Phi) is 4.81. The van der Waals surface area contributed by atoms with Crippen LogP contribution in [0.3, 0.4) is 0 Å². The molecule has 0 aliphatic heterocycles. The first kappa shape index (κ1) is 17.1. The molecule has 1 aromatic carbocycles. The summed E-state index contributed by atoms with van der Waals surface area (Å²) in [6, 6.07) is 9.00. The number of aromatic nitrogens is 3. The Morgan fingerprint density at radius 2 is 2.00 bits per heavy atom. The minimum absolute atomic E-state index is 0.0226. The van der Waals surface area contributed by atoms with E-state index in [-0.39, 0.29) is 17.9 Å². The molecule has 25 heavy (non-hydrogen) atoms. The number of hydrogen-bond acceptors (Lipinski definition) is 4. The van der Waals surface area contributed by atoms with Crippen molar-refractivity contribution >= 4 is 16.7 Å². The molecule has 3 aromatic rings. The molecule has 6 nitrogen and oxygen atoms in total. The van der Waals surface area contributed by atoms with Crippen molar-refractivity contribution in [1.82, 2.24) is 14.1 Å². The van der Waals surface area contributed by atoms with Crippen LogP contribution in [0.4, 0.5) is 0 Å². The fraction of sp³-hybridized carbons (Fsp3) is 0.316. The molecule has 0 amide bonds. The minimum Gasteiger partial charge on any atom is -0.383 e. The van der Waals surface area contributed by atoms with Crippen LogP contribution in [0.2, 0.25) is 0 Å². The molecule has 0 fully saturated rings. The van der Waals surface area contributed by atoms with E-state index in [1.54, 1.807) is 25.3 Å². The molecule has 0 N–H and O–H groups in total. The summed E-state index contributed by atoms with van der Waals surface area (Å²) < 4.78 is 8.54. The van der Waals surface area contributed by atoms with Gasteiger partial charge in [-0.05, 0) is 32.0 Å². The number of carbonyl (C=O) groups is 1. The number of para-hydroxylation sites is 1. The zero-order valence-electron chi connectivity index (χ0n) is 14.7. The maximum atomic E-state index is 12.7. The molecule has 2 aromatic heterocycles. The number of carbonyl (C=O) groups excluding carboxylic acids is 1. The molecule has 0 aliphatic rings. The summed E-state index contributed by atoms with van der Waals surface area (Å²) in [5, 5.41) is 0.517. The lowest BCUT2D eigenvalue weighted by molar-refractivity contribution is 0.0969. The van der Waals surface area contributed by atoms with Gasteiger partial charge in [0, 0.05) is 30.6 Å². The Morgan fingerprint density at radius 1 is 1.24 bits per heavy atom. The van der Waals surface area contributed by atoms with Crippen molar-refractivity contribution in [2.45, 2.75) is 26.9 Å². The second kappa shape index (κ2) is 7.03. The number of benzene rings is 1. The van der Waals surface area contributed by atoms with Crippen molar-refractivity contribution < 1.29 is 9.53 Å². The number of hydrogen-bond donors (Lipinski definition) is 0. The van der Waals surface area contributed by atoms with Gasteiger partial charge in [-0.3, -0.25) is 14.2 Å². The number of nitrogens with zero attached hydrogens (tertiary/aromatic N) is 3. The van der Waals surface area contributed by atoms with E-state index < -0.39 is 0 Å². The lowest BCUT2D eigenvalue weighted by Crippen LogP contribution is -2.25. The second-order valence-corrected chi connectivity index (χ2v) is 6.05. The summed E-state index contributed by atoms with van der Waals surface area (Å²) >= 11 is 0. The van der Waals surface area contributed by atoms with Gasteiger partial charge >= 0.3 is 0 Å². The number of Topliss-reactive ketones (excluding diaryl/α,β-unsaturated/α-hetero) is 1. The van der Waals surface area contributed by atoms with Crippen LogP contribution in [0.1, 0.15) is 21.7 Å².